The lowest BCUT2D eigenvalue weighted by molar-refractivity contribution is -0.138. The third-order valence-corrected chi connectivity index (χ3v) is 5.16. The molecule has 5 atom stereocenters. The second kappa shape index (κ2) is 7.02. The maximum Gasteiger partial charge on any atom is 0.249 e. The van der Waals surface area contributed by atoms with Crippen LogP contribution in [0.25, 0.3) is 0 Å². The molecule has 0 aromatic heterocycles. The van der Waals surface area contributed by atoms with Crippen LogP contribution >= 0.6 is 0 Å². The first-order valence-electron chi connectivity index (χ1n) is 8.76. The van der Waals surface area contributed by atoms with Gasteiger partial charge in [0, 0.05) is 6.42 Å². The molecule has 2 N–H and O–H groups in total. The third-order valence-electron chi connectivity index (χ3n) is 5.16. The highest BCUT2D eigenvalue weighted by Gasteiger charge is 2.33. The van der Waals surface area contributed by atoms with Crippen molar-refractivity contribution in [2.75, 3.05) is 0 Å². The summed E-state index contributed by atoms with van der Waals surface area (Å²) in [6.45, 7) is 4.05. The first kappa shape index (κ1) is 16.5. The standard InChI is InChI=1S/C19H27NO3/c1-12-6-5-8-15(10-12)23-13(2)19(22)20-18-16-9-4-3-7-14(16)11-17(18)21/h3-4,7,9,12-13,15,17-18,21H,5-6,8,10-11H2,1-2H3,(H,20,22). The maximum atomic E-state index is 12.5. The molecular formula is C19H27NO3. The smallest absolute Gasteiger partial charge is 0.249 e. The van der Waals surface area contributed by atoms with Crippen LogP contribution in [0.5, 0.6) is 0 Å². The molecule has 0 heterocycles. The number of benzene rings is 1. The van der Waals surface area contributed by atoms with Gasteiger partial charge in [-0.15, -0.1) is 0 Å². The Morgan fingerprint density at radius 3 is 2.91 bits per heavy atom. The second-order valence-corrected chi connectivity index (χ2v) is 7.13. The summed E-state index contributed by atoms with van der Waals surface area (Å²) in [6.07, 6.45) is 4.24. The topological polar surface area (TPSA) is 58.6 Å². The lowest BCUT2D eigenvalue weighted by atomic mass is 9.88. The van der Waals surface area contributed by atoms with Crippen molar-refractivity contribution in [2.45, 2.75) is 70.3 Å². The van der Waals surface area contributed by atoms with Crippen LogP contribution < -0.4 is 5.32 Å². The van der Waals surface area contributed by atoms with E-state index in [1.165, 1.54) is 12.8 Å². The van der Waals surface area contributed by atoms with Gasteiger partial charge in [-0.3, -0.25) is 4.79 Å². The predicted molar refractivity (Wildman–Crippen MR) is 89.0 cm³/mol. The number of hydrogen-bond acceptors (Lipinski definition) is 3. The average molecular weight is 317 g/mol. The van der Waals surface area contributed by atoms with Gasteiger partial charge in [0.2, 0.25) is 5.91 Å². The number of aliphatic hydroxyl groups excluding tert-OH is 1. The molecule has 23 heavy (non-hydrogen) atoms. The van der Waals surface area contributed by atoms with E-state index < -0.39 is 12.2 Å². The number of carbonyl (C=O) groups is 1. The van der Waals surface area contributed by atoms with E-state index >= 15 is 0 Å². The average Bonchev–Trinajstić information content (AvgIpc) is 2.83. The largest absolute Gasteiger partial charge is 0.390 e. The molecule has 4 heteroatoms. The van der Waals surface area contributed by atoms with E-state index in [4.69, 9.17) is 4.74 Å². The monoisotopic (exact) mass is 317 g/mol. The molecule has 2 aliphatic rings. The Labute approximate surface area is 138 Å². The van der Waals surface area contributed by atoms with Crippen molar-refractivity contribution in [3.05, 3.63) is 35.4 Å². The molecule has 1 fully saturated rings. The maximum absolute atomic E-state index is 12.5. The zero-order chi connectivity index (χ0) is 16.4. The van der Waals surface area contributed by atoms with E-state index in [0.717, 1.165) is 24.0 Å². The van der Waals surface area contributed by atoms with Gasteiger partial charge in [-0.25, -0.2) is 0 Å². The third kappa shape index (κ3) is 3.75. The van der Waals surface area contributed by atoms with Gasteiger partial charge in [-0.2, -0.15) is 0 Å². The Morgan fingerprint density at radius 1 is 1.35 bits per heavy atom. The minimum atomic E-state index is -0.557. The number of aliphatic hydroxyl groups is 1. The van der Waals surface area contributed by atoms with Crippen LogP contribution in [-0.2, 0) is 16.0 Å². The Bertz CT molecular complexity index is 559. The molecule has 126 valence electrons. The minimum Gasteiger partial charge on any atom is -0.390 e. The summed E-state index contributed by atoms with van der Waals surface area (Å²) in [7, 11) is 0. The SMILES string of the molecule is CC1CCCC(OC(C)C(=O)NC2c3ccccc3CC2O)C1. The first-order valence-corrected chi connectivity index (χ1v) is 8.76. The van der Waals surface area contributed by atoms with Crippen molar-refractivity contribution in [3.8, 4) is 0 Å². The summed E-state index contributed by atoms with van der Waals surface area (Å²) in [5.41, 5.74) is 2.13. The molecular weight excluding hydrogens is 290 g/mol. The van der Waals surface area contributed by atoms with Crippen LogP contribution in [0.3, 0.4) is 0 Å². The lowest BCUT2D eigenvalue weighted by Gasteiger charge is -2.29. The fraction of sp³-hybridized carbons (Fsp3) is 0.632. The van der Waals surface area contributed by atoms with Crippen LogP contribution in [-0.4, -0.2) is 29.3 Å². The quantitative estimate of drug-likeness (QED) is 0.898. The molecule has 0 spiro atoms. The summed E-state index contributed by atoms with van der Waals surface area (Å²) < 4.78 is 5.96. The van der Waals surface area contributed by atoms with E-state index in [1.54, 1.807) is 0 Å². The van der Waals surface area contributed by atoms with Crippen molar-refractivity contribution in [2.24, 2.45) is 5.92 Å². The van der Waals surface area contributed by atoms with Crippen molar-refractivity contribution in [3.63, 3.8) is 0 Å². The molecule has 0 radical (unpaired) electrons. The Kier molecular flexibility index (Phi) is 5.02. The van der Waals surface area contributed by atoms with Gasteiger partial charge in [0.15, 0.2) is 0 Å². The molecule has 0 aliphatic heterocycles. The molecule has 1 saturated carbocycles. The van der Waals surface area contributed by atoms with Gasteiger partial charge in [-0.1, -0.05) is 44.0 Å². The van der Waals surface area contributed by atoms with Crippen molar-refractivity contribution in [1.29, 1.82) is 0 Å². The second-order valence-electron chi connectivity index (χ2n) is 7.13. The molecule has 1 aromatic rings. The molecule has 2 aliphatic carbocycles. The van der Waals surface area contributed by atoms with Gasteiger partial charge < -0.3 is 15.2 Å². The molecule has 5 unspecified atom stereocenters. The van der Waals surface area contributed by atoms with Crippen LogP contribution in [0.4, 0.5) is 0 Å². The summed E-state index contributed by atoms with van der Waals surface area (Å²) in [5.74, 6) is 0.538. The normalized spacial score (nSPS) is 31.4. The molecule has 3 rings (SSSR count). The number of ether oxygens (including phenoxy) is 1. The highest BCUT2D eigenvalue weighted by atomic mass is 16.5. The number of amides is 1. The van der Waals surface area contributed by atoms with Gasteiger partial charge in [0.1, 0.15) is 6.10 Å². The first-order chi connectivity index (χ1) is 11.0. The van der Waals surface area contributed by atoms with Crippen LogP contribution in [0.1, 0.15) is 56.7 Å². The summed E-state index contributed by atoms with van der Waals surface area (Å²) >= 11 is 0. The highest BCUT2D eigenvalue weighted by Crippen LogP contribution is 2.31. The van der Waals surface area contributed by atoms with Crippen LogP contribution in [0.15, 0.2) is 24.3 Å². The van der Waals surface area contributed by atoms with E-state index in [9.17, 15) is 9.90 Å². The summed E-state index contributed by atoms with van der Waals surface area (Å²) in [4.78, 5) is 12.5. The molecule has 0 saturated heterocycles. The van der Waals surface area contributed by atoms with Crippen molar-refractivity contribution in [1.82, 2.24) is 5.32 Å². The van der Waals surface area contributed by atoms with Crippen molar-refractivity contribution < 1.29 is 14.6 Å². The summed E-state index contributed by atoms with van der Waals surface area (Å²) in [6, 6.07) is 7.57. The number of nitrogens with one attached hydrogen (secondary N) is 1. The Morgan fingerprint density at radius 2 is 2.13 bits per heavy atom. The van der Waals surface area contributed by atoms with Gasteiger partial charge >= 0.3 is 0 Å². The van der Waals surface area contributed by atoms with E-state index in [1.807, 2.05) is 31.2 Å². The number of fused-ring (bicyclic) bond motifs is 1. The number of carbonyl (C=O) groups excluding carboxylic acids is 1. The van der Waals surface area contributed by atoms with E-state index in [2.05, 4.69) is 12.2 Å². The molecule has 4 nitrogen and oxygen atoms in total. The minimum absolute atomic E-state index is 0.135. The van der Waals surface area contributed by atoms with Gasteiger partial charge in [0.05, 0.1) is 18.2 Å². The number of hydrogen-bond donors (Lipinski definition) is 2. The fourth-order valence-corrected chi connectivity index (χ4v) is 3.87. The van der Waals surface area contributed by atoms with E-state index in [-0.39, 0.29) is 18.1 Å². The molecule has 1 amide bonds. The number of rotatable bonds is 4. The Balaban J connectivity index is 1.58. The molecule has 1 aromatic carbocycles. The van der Waals surface area contributed by atoms with Crippen LogP contribution in [0, 0.1) is 5.92 Å². The van der Waals surface area contributed by atoms with Crippen molar-refractivity contribution >= 4 is 5.91 Å². The summed E-state index contributed by atoms with van der Waals surface area (Å²) in [5, 5.41) is 13.2. The van der Waals surface area contributed by atoms with Crippen LogP contribution in [0.2, 0.25) is 0 Å². The van der Waals surface area contributed by atoms with Gasteiger partial charge in [-0.05, 0) is 36.8 Å². The highest BCUT2D eigenvalue weighted by molar-refractivity contribution is 5.81. The zero-order valence-electron chi connectivity index (χ0n) is 14.0. The van der Waals surface area contributed by atoms with E-state index in [0.29, 0.717) is 12.3 Å². The Hall–Kier alpha value is -1.39. The fourth-order valence-electron chi connectivity index (χ4n) is 3.87. The van der Waals surface area contributed by atoms with Gasteiger partial charge in [0.25, 0.3) is 0 Å². The molecule has 0 bridgehead atoms. The predicted octanol–water partition coefficient (Wildman–Crippen LogP) is 2.74. The lowest BCUT2D eigenvalue weighted by Crippen LogP contribution is -2.42. The zero-order valence-corrected chi connectivity index (χ0v) is 14.0.